The third kappa shape index (κ3) is 2.75. The van der Waals surface area contributed by atoms with E-state index < -0.39 is 23.5 Å². The number of esters is 1. The Kier molecular flexibility index (Phi) is 3.92. The fraction of sp³-hybridized carbons (Fsp3) is 0.222. The molecule has 0 aromatic heterocycles. The molecule has 1 rings (SSSR count). The van der Waals surface area contributed by atoms with Gasteiger partial charge < -0.3 is 15.6 Å². The molecule has 0 aliphatic heterocycles. The van der Waals surface area contributed by atoms with Crippen LogP contribution in [0.5, 0.6) is 5.75 Å². The highest BCUT2D eigenvalue weighted by molar-refractivity contribution is 5.79. The molecule has 0 bridgehead atoms. The Morgan fingerprint density at radius 2 is 2.19 bits per heavy atom. The first-order valence-electron chi connectivity index (χ1n) is 4.37. The zero-order valence-corrected chi connectivity index (χ0v) is 8.20. The van der Waals surface area contributed by atoms with Crippen LogP contribution in [0.1, 0.15) is 0 Å². The van der Waals surface area contributed by atoms with Gasteiger partial charge in [0, 0.05) is 6.07 Å². The Morgan fingerprint density at radius 1 is 1.56 bits per heavy atom. The molecule has 0 saturated heterocycles. The summed E-state index contributed by atoms with van der Waals surface area (Å²) in [5.41, 5.74) is 4.86. The lowest BCUT2D eigenvalue weighted by Gasteiger charge is -2.08. The Hall–Kier alpha value is -1.99. The van der Waals surface area contributed by atoms with Crippen molar-refractivity contribution in [2.75, 3.05) is 6.61 Å². The van der Waals surface area contributed by atoms with Crippen LogP contribution in [-0.4, -0.2) is 28.6 Å². The van der Waals surface area contributed by atoms with Crippen molar-refractivity contribution in [3.63, 3.8) is 0 Å². The first kappa shape index (κ1) is 12.1. The van der Waals surface area contributed by atoms with Gasteiger partial charge in [-0.2, -0.15) is 0 Å². The van der Waals surface area contributed by atoms with Crippen LogP contribution in [0.4, 0.5) is 5.69 Å². The summed E-state index contributed by atoms with van der Waals surface area (Å²) in [4.78, 5) is 21.1. The van der Waals surface area contributed by atoms with Gasteiger partial charge in [0.1, 0.15) is 6.04 Å². The predicted molar refractivity (Wildman–Crippen MR) is 53.8 cm³/mol. The summed E-state index contributed by atoms with van der Waals surface area (Å²) in [6.07, 6.45) is 0. The average Bonchev–Trinajstić information content (AvgIpc) is 2.28. The van der Waals surface area contributed by atoms with Crippen LogP contribution in [0.3, 0.4) is 0 Å². The molecule has 0 spiro atoms. The summed E-state index contributed by atoms with van der Waals surface area (Å²) in [5, 5.41) is 19.2. The summed E-state index contributed by atoms with van der Waals surface area (Å²) >= 11 is 0. The van der Waals surface area contributed by atoms with Crippen molar-refractivity contribution in [3.05, 3.63) is 34.4 Å². The van der Waals surface area contributed by atoms with E-state index in [0.29, 0.717) is 0 Å². The molecule has 0 saturated carbocycles. The van der Waals surface area contributed by atoms with Crippen molar-refractivity contribution in [3.8, 4) is 5.75 Å². The van der Waals surface area contributed by atoms with E-state index in [1.807, 2.05) is 0 Å². The molecule has 1 aromatic rings. The highest BCUT2D eigenvalue weighted by Crippen LogP contribution is 2.25. The normalized spacial score (nSPS) is 11.9. The molecule has 0 heterocycles. The van der Waals surface area contributed by atoms with E-state index in [1.54, 1.807) is 0 Å². The van der Waals surface area contributed by atoms with Gasteiger partial charge in [0.2, 0.25) is 5.75 Å². The lowest BCUT2D eigenvalue weighted by atomic mass is 10.3. The monoisotopic (exact) mass is 226 g/mol. The lowest BCUT2D eigenvalue weighted by molar-refractivity contribution is -0.385. The summed E-state index contributed by atoms with van der Waals surface area (Å²) in [6.45, 7) is -0.584. The maximum atomic E-state index is 11.2. The van der Waals surface area contributed by atoms with Crippen LogP contribution in [0.15, 0.2) is 24.3 Å². The number of aliphatic hydroxyl groups is 1. The molecule has 7 heteroatoms. The SMILES string of the molecule is N[C@@H](CO)C(=O)Oc1ccccc1[N+](=O)[O-]. The van der Waals surface area contributed by atoms with Crippen LogP contribution < -0.4 is 10.5 Å². The number of hydrogen-bond acceptors (Lipinski definition) is 6. The molecule has 7 nitrogen and oxygen atoms in total. The summed E-state index contributed by atoms with van der Waals surface area (Å²) in [7, 11) is 0. The summed E-state index contributed by atoms with van der Waals surface area (Å²) < 4.78 is 4.69. The van der Waals surface area contributed by atoms with Gasteiger partial charge >= 0.3 is 11.7 Å². The Balaban J connectivity index is 2.89. The van der Waals surface area contributed by atoms with Crippen molar-refractivity contribution in [2.45, 2.75) is 6.04 Å². The lowest BCUT2D eigenvalue weighted by Crippen LogP contribution is -2.37. The third-order valence-corrected chi connectivity index (χ3v) is 1.77. The number of carbonyl (C=O) groups excluding carboxylic acids is 1. The smallest absolute Gasteiger partial charge is 0.330 e. The average molecular weight is 226 g/mol. The minimum atomic E-state index is -1.21. The van der Waals surface area contributed by atoms with E-state index >= 15 is 0 Å². The number of para-hydroxylation sites is 2. The second-order valence-corrected chi connectivity index (χ2v) is 2.93. The molecule has 1 aromatic carbocycles. The standard InChI is InChI=1S/C9H10N2O5/c10-6(5-12)9(13)16-8-4-2-1-3-7(8)11(14)15/h1-4,6,12H,5,10H2/t6-/m0/s1. The molecular formula is C9H10N2O5. The number of aliphatic hydroxyl groups excluding tert-OH is 1. The number of carbonyl (C=O) groups is 1. The quantitative estimate of drug-likeness (QED) is 0.318. The molecule has 0 aliphatic rings. The Bertz CT molecular complexity index is 407. The molecule has 0 aliphatic carbocycles. The van der Waals surface area contributed by atoms with Gasteiger partial charge in [-0.3, -0.25) is 10.1 Å². The van der Waals surface area contributed by atoms with Gasteiger partial charge in [-0.05, 0) is 6.07 Å². The number of rotatable bonds is 4. The molecule has 0 fully saturated rings. The predicted octanol–water partition coefficient (Wildman–Crippen LogP) is -0.180. The van der Waals surface area contributed by atoms with Crippen LogP contribution in [-0.2, 0) is 4.79 Å². The van der Waals surface area contributed by atoms with Gasteiger partial charge in [-0.25, -0.2) is 4.79 Å². The maximum absolute atomic E-state index is 11.2. The number of nitro groups is 1. The van der Waals surface area contributed by atoms with Crippen LogP contribution in [0, 0.1) is 10.1 Å². The van der Waals surface area contributed by atoms with Crippen LogP contribution in [0.2, 0.25) is 0 Å². The van der Waals surface area contributed by atoms with Crippen molar-refractivity contribution < 1.29 is 19.6 Å². The Morgan fingerprint density at radius 3 is 2.75 bits per heavy atom. The highest BCUT2D eigenvalue weighted by Gasteiger charge is 2.20. The second-order valence-electron chi connectivity index (χ2n) is 2.93. The van der Waals surface area contributed by atoms with E-state index in [2.05, 4.69) is 0 Å². The number of nitrogens with two attached hydrogens (primary N) is 1. The topological polar surface area (TPSA) is 116 Å². The van der Waals surface area contributed by atoms with E-state index in [1.165, 1.54) is 24.3 Å². The van der Waals surface area contributed by atoms with Gasteiger partial charge in [-0.1, -0.05) is 12.1 Å². The minimum Gasteiger partial charge on any atom is -0.418 e. The van der Waals surface area contributed by atoms with Gasteiger partial charge in [0.25, 0.3) is 0 Å². The van der Waals surface area contributed by atoms with E-state index in [4.69, 9.17) is 15.6 Å². The van der Waals surface area contributed by atoms with Crippen molar-refractivity contribution in [2.24, 2.45) is 5.73 Å². The van der Waals surface area contributed by atoms with E-state index in [-0.39, 0.29) is 11.4 Å². The summed E-state index contributed by atoms with van der Waals surface area (Å²) in [5.74, 6) is -1.11. The number of nitro benzene ring substituents is 1. The van der Waals surface area contributed by atoms with Gasteiger partial charge in [0.05, 0.1) is 11.5 Å². The minimum absolute atomic E-state index is 0.193. The van der Waals surface area contributed by atoms with Crippen LogP contribution >= 0.6 is 0 Å². The van der Waals surface area contributed by atoms with Crippen LogP contribution in [0.25, 0.3) is 0 Å². The van der Waals surface area contributed by atoms with Gasteiger partial charge in [-0.15, -0.1) is 0 Å². The zero-order valence-electron chi connectivity index (χ0n) is 8.20. The fourth-order valence-corrected chi connectivity index (χ4v) is 0.953. The Labute approximate surface area is 90.6 Å². The number of ether oxygens (including phenoxy) is 1. The molecule has 3 N–H and O–H groups in total. The first-order chi connectivity index (χ1) is 7.56. The first-order valence-corrected chi connectivity index (χ1v) is 4.37. The van der Waals surface area contributed by atoms with E-state index in [9.17, 15) is 14.9 Å². The highest BCUT2D eigenvalue weighted by atomic mass is 16.6. The molecule has 86 valence electrons. The molecule has 16 heavy (non-hydrogen) atoms. The largest absolute Gasteiger partial charge is 0.418 e. The second kappa shape index (κ2) is 5.19. The third-order valence-electron chi connectivity index (χ3n) is 1.77. The van der Waals surface area contributed by atoms with Gasteiger partial charge in [0.15, 0.2) is 0 Å². The van der Waals surface area contributed by atoms with E-state index in [0.717, 1.165) is 0 Å². The number of nitrogens with zero attached hydrogens (tertiary/aromatic N) is 1. The number of hydrogen-bond donors (Lipinski definition) is 2. The van der Waals surface area contributed by atoms with Crippen molar-refractivity contribution in [1.29, 1.82) is 0 Å². The van der Waals surface area contributed by atoms with Crippen molar-refractivity contribution in [1.82, 2.24) is 0 Å². The molecule has 0 unspecified atom stereocenters. The summed E-state index contributed by atoms with van der Waals surface area (Å²) in [6, 6.07) is 4.20. The fourth-order valence-electron chi connectivity index (χ4n) is 0.953. The van der Waals surface area contributed by atoms with Crippen molar-refractivity contribution >= 4 is 11.7 Å². The molecule has 0 amide bonds. The molecule has 1 atom stereocenters. The number of benzene rings is 1. The molecular weight excluding hydrogens is 216 g/mol. The molecule has 0 radical (unpaired) electrons. The zero-order chi connectivity index (χ0) is 12.1. The maximum Gasteiger partial charge on any atom is 0.330 e.